The zero-order valence-corrected chi connectivity index (χ0v) is 8.16. The molecule has 0 fully saturated rings. The molecule has 0 aliphatic carbocycles. The summed E-state index contributed by atoms with van der Waals surface area (Å²) in [4.78, 5) is 0. The SMILES string of the molecule is [CH2]CCCCCCC[C](C)C. The minimum absolute atomic E-state index is 1.11. The van der Waals surface area contributed by atoms with Gasteiger partial charge in [0.1, 0.15) is 0 Å². The largest absolute Gasteiger partial charge is 0.0594 e. The molecule has 0 spiro atoms. The summed E-state index contributed by atoms with van der Waals surface area (Å²) in [6.45, 7) is 8.26. The normalized spacial score (nSPS) is 10.9. The number of rotatable bonds is 7. The predicted octanol–water partition coefficient (Wildman–Crippen LogP) is 4.17. The molecule has 0 heterocycles. The number of hydrogen-bond donors (Lipinski definition) is 0. The number of unbranched alkanes of at least 4 members (excludes halogenated alkanes) is 5. The summed E-state index contributed by atoms with van der Waals surface area (Å²) >= 11 is 0. The van der Waals surface area contributed by atoms with Crippen LogP contribution in [0.25, 0.3) is 0 Å². The third kappa shape index (κ3) is 10.0. The van der Waals surface area contributed by atoms with E-state index in [1.54, 1.807) is 5.92 Å². The fourth-order valence-electron chi connectivity index (χ4n) is 1.19. The highest BCUT2D eigenvalue weighted by Crippen LogP contribution is 2.11. The first kappa shape index (κ1) is 11.0. The Labute approximate surface area is 72.4 Å². The van der Waals surface area contributed by atoms with Crippen LogP contribution >= 0.6 is 0 Å². The molecule has 0 aromatic heterocycles. The molecule has 0 bridgehead atoms. The van der Waals surface area contributed by atoms with Gasteiger partial charge in [-0.25, -0.2) is 0 Å². The Balaban J connectivity index is 2.80. The summed E-state index contributed by atoms with van der Waals surface area (Å²) in [5, 5.41) is 0. The van der Waals surface area contributed by atoms with Gasteiger partial charge < -0.3 is 0 Å². The van der Waals surface area contributed by atoms with Crippen LogP contribution in [-0.2, 0) is 0 Å². The van der Waals surface area contributed by atoms with Crippen LogP contribution in [0.4, 0.5) is 0 Å². The molecule has 0 saturated carbocycles. The average Bonchev–Trinajstić information content (AvgIpc) is 1.96. The maximum atomic E-state index is 3.83. The lowest BCUT2D eigenvalue weighted by Crippen LogP contribution is -1.84. The van der Waals surface area contributed by atoms with E-state index in [-0.39, 0.29) is 0 Å². The van der Waals surface area contributed by atoms with E-state index in [2.05, 4.69) is 20.8 Å². The standard InChI is InChI=1S/C11H22/c1-4-5-6-7-8-9-10-11(2)3/h1,4-10H2,2-3H3. The van der Waals surface area contributed by atoms with Crippen LogP contribution in [0, 0.1) is 12.8 Å². The molecule has 11 heavy (non-hydrogen) atoms. The topological polar surface area (TPSA) is 0 Å². The molecule has 0 heteroatoms. The monoisotopic (exact) mass is 154 g/mol. The number of hydrogen-bond acceptors (Lipinski definition) is 0. The smallest absolute Gasteiger partial charge is 0.0303 e. The first-order chi connectivity index (χ1) is 5.27. The highest BCUT2D eigenvalue weighted by molar-refractivity contribution is 4.75. The molecular weight excluding hydrogens is 132 g/mol. The van der Waals surface area contributed by atoms with Crippen LogP contribution in [0.3, 0.4) is 0 Å². The van der Waals surface area contributed by atoms with Gasteiger partial charge in [-0.15, -0.1) is 0 Å². The van der Waals surface area contributed by atoms with Crippen molar-refractivity contribution in [1.29, 1.82) is 0 Å². The molecule has 0 amide bonds. The van der Waals surface area contributed by atoms with Crippen LogP contribution in [0.5, 0.6) is 0 Å². The van der Waals surface area contributed by atoms with Gasteiger partial charge in [-0.1, -0.05) is 59.3 Å². The fourth-order valence-corrected chi connectivity index (χ4v) is 1.19. The van der Waals surface area contributed by atoms with E-state index < -0.39 is 0 Å². The van der Waals surface area contributed by atoms with E-state index in [0.29, 0.717) is 0 Å². The fraction of sp³-hybridized carbons (Fsp3) is 0.818. The van der Waals surface area contributed by atoms with Gasteiger partial charge in [0.2, 0.25) is 0 Å². The molecule has 0 nitrogen and oxygen atoms in total. The molecule has 0 atom stereocenters. The second-order valence-corrected chi connectivity index (χ2v) is 3.58. The van der Waals surface area contributed by atoms with Crippen molar-refractivity contribution in [3.05, 3.63) is 12.8 Å². The summed E-state index contributed by atoms with van der Waals surface area (Å²) in [6, 6.07) is 0. The average molecular weight is 154 g/mol. The Morgan fingerprint density at radius 2 is 1.45 bits per heavy atom. The molecule has 0 aromatic carbocycles. The van der Waals surface area contributed by atoms with Crippen LogP contribution in [0.2, 0.25) is 0 Å². The lowest BCUT2D eigenvalue weighted by Gasteiger charge is -2.02. The molecule has 2 radical (unpaired) electrons. The van der Waals surface area contributed by atoms with Gasteiger partial charge >= 0.3 is 0 Å². The highest BCUT2D eigenvalue weighted by Gasteiger charge is 1.93. The molecule has 0 aliphatic heterocycles. The molecular formula is C11H22. The summed E-state index contributed by atoms with van der Waals surface area (Å²) in [6.07, 6.45) is 9.33. The Hall–Kier alpha value is 0. The van der Waals surface area contributed by atoms with Crippen molar-refractivity contribution < 1.29 is 0 Å². The minimum Gasteiger partial charge on any atom is -0.0594 e. The molecule has 0 N–H and O–H groups in total. The van der Waals surface area contributed by atoms with Crippen molar-refractivity contribution in [2.24, 2.45) is 0 Å². The predicted molar refractivity (Wildman–Crippen MR) is 52.3 cm³/mol. The van der Waals surface area contributed by atoms with Crippen LogP contribution in [0.1, 0.15) is 58.8 Å². The Bertz CT molecular complexity index is 64.4. The van der Waals surface area contributed by atoms with Crippen molar-refractivity contribution in [2.45, 2.75) is 58.8 Å². The van der Waals surface area contributed by atoms with E-state index >= 15 is 0 Å². The van der Waals surface area contributed by atoms with Crippen molar-refractivity contribution in [2.75, 3.05) is 0 Å². The van der Waals surface area contributed by atoms with Gasteiger partial charge in [0.15, 0.2) is 0 Å². The zero-order valence-electron chi connectivity index (χ0n) is 8.16. The lowest BCUT2D eigenvalue weighted by molar-refractivity contribution is 0.602. The first-order valence-corrected chi connectivity index (χ1v) is 4.85. The summed E-state index contributed by atoms with van der Waals surface area (Å²) in [5.74, 6) is 1.57. The Morgan fingerprint density at radius 1 is 0.909 bits per heavy atom. The van der Waals surface area contributed by atoms with Crippen LogP contribution in [-0.4, -0.2) is 0 Å². The second-order valence-electron chi connectivity index (χ2n) is 3.58. The third-order valence-corrected chi connectivity index (χ3v) is 1.93. The van der Waals surface area contributed by atoms with Gasteiger partial charge in [0, 0.05) is 0 Å². The van der Waals surface area contributed by atoms with E-state index in [4.69, 9.17) is 0 Å². The Kier molecular flexibility index (Phi) is 8.10. The molecule has 0 aliphatic rings. The first-order valence-electron chi connectivity index (χ1n) is 4.85. The highest BCUT2D eigenvalue weighted by atomic mass is 14.0. The summed E-state index contributed by atoms with van der Waals surface area (Å²) < 4.78 is 0. The molecule has 0 unspecified atom stereocenters. The lowest BCUT2D eigenvalue weighted by atomic mass is 10.0. The van der Waals surface area contributed by atoms with Gasteiger partial charge in [0.25, 0.3) is 0 Å². The van der Waals surface area contributed by atoms with Gasteiger partial charge in [-0.2, -0.15) is 0 Å². The maximum absolute atomic E-state index is 3.83. The van der Waals surface area contributed by atoms with Crippen molar-refractivity contribution in [3.8, 4) is 0 Å². The quantitative estimate of drug-likeness (QED) is 0.483. The van der Waals surface area contributed by atoms with E-state index in [1.807, 2.05) is 0 Å². The third-order valence-electron chi connectivity index (χ3n) is 1.93. The molecule has 0 aromatic rings. The van der Waals surface area contributed by atoms with Crippen molar-refractivity contribution in [3.63, 3.8) is 0 Å². The molecule has 66 valence electrons. The minimum atomic E-state index is 1.11. The maximum Gasteiger partial charge on any atom is -0.0303 e. The summed E-state index contributed by atoms with van der Waals surface area (Å²) in [7, 11) is 0. The van der Waals surface area contributed by atoms with Gasteiger partial charge in [0.05, 0.1) is 0 Å². The van der Waals surface area contributed by atoms with Crippen LogP contribution in [0.15, 0.2) is 0 Å². The van der Waals surface area contributed by atoms with Crippen molar-refractivity contribution in [1.82, 2.24) is 0 Å². The summed E-state index contributed by atoms with van der Waals surface area (Å²) in [5.41, 5.74) is 0. The molecule has 0 saturated heterocycles. The van der Waals surface area contributed by atoms with E-state index in [9.17, 15) is 0 Å². The molecule has 0 rings (SSSR count). The second kappa shape index (κ2) is 8.10. The van der Waals surface area contributed by atoms with Gasteiger partial charge in [-0.05, 0) is 12.3 Å². The van der Waals surface area contributed by atoms with Gasteiger partial charge in [-0.3, -0.25) is 0 Å². The zero-order chi connectivity index (χ0) is 8.53. The van der Waals surface area contributed by atoms with E-state index in [0.717, 1.165) is 6.42 Å². The van der Waals surface area contributed by atoms with Crippen LogP contribution < -0.4 is 0 Å². The van der Waals surface area contributed by atoms with Crippen molar-refractivity contribution >= 4 is 0 Å². The van der Waals surface area contributed by atoms with E-state index in [1.165, 1.54) is 38.5 Å². The Morgan fingerprint density at radius 3 is 2.00 bits per heavy atom.